The first-order valence-electron chi connectivity index (χ1n) is 7.02. The van der Waals surface area contributed by atoms with Crippen molar-refractivity contribution in [2.45, 2.75) is 53.4 Å². The van der Waals surface area contributed by atoms with Crippen LogP contribution in [-0.4, -0.2) is 11.5 Å². The van der Waals surface area contributed by atoms with Crippen LogP contribution < -0.4 is 11.1 Å². The normalized spacial score (nSPS) is 11.6. The lowest BCUT2D eigenvalue weighted by atomic mass is 9.87. The van der Waals surface area contributed by atoms with Gasteiger partial charge in [-0.3, -0.25) is 0 Å². The molecule has 108 valence electrons. The lowest BCUT2D eigenvalue weighted by Gasteiger charge is -2.25. The molecule has 4 heteroatoms. The van der Waals surface area contributed by atoms with Gasteiger partial charge < -0.3 is 11.1 Å². The summed E-state index contributed by atoms with van der Waals surface area (Å²) in [7, 11) is 0. The molecule has 1 rings (SSSR count). The van der Waals surface area contributed by atoms with Crippen LogP contribution in [0, 0.1) is 12.3 Å². The van der Waals surface area contributed by atoms with E-state index in [1.807, 2.05) is 6.92 Å². The quantitative estimate of drug-likeness (QED) is 0.710. The zero-order valence-corrected chi connectivity index (χ0v) is 14.1. The molecule has 0 amide bonds. The second-order valence-electron chi connectivity index (χ2n) is 5.98. The smallest absolute Gasteiger partial charge is 0.140 e. The van der Waals surface area contributed by atoms with Gasteiger partial charge in [0.05, 0.1) is 16.4 Å². The third-order valence-electron chi connectivity index (χ3n) is 3.49. The van der Waals surface area contributed by atoms with Crippen LogP contribution in [-0.2, 0) is 0 Å². The molecule has 19 heavy (non-hydrogen) atoms. The van der Waals surface area contributed by atoms with Crippen LogP contribution in [0.4, 0.5) is 11.5 Å². The fraction of sp³-hybridized carbons (Fsp3) is 0.667. The number of halogens is 1. The van der Waals surface area contributed by atoms with Crippen molar-refractivity contribution >= 4 is 27.4 Å². The number of rotatable bonds is 7. The highest BCUT2D eigenvalue weighted by Crippen LogP contribution is 2.30. The monoisotopic (exact) mass is 327 g/mol. The molecule has 0 aliphatic heterocycles. The highest BCUT2D eigenvalue weighted by atomic mass is 79.9. The van der Waals surface area contributed by atoms with Crippen LogP contribution in [0.3, 0.4) is 0 Å². The molecule has 0 saturated heterocycles. The molecule has 1 aromatic heterocycles. The van der Waals surface area contributed by atoms with Crippen molar-refractivity contribution in [1.82, 2.24) is 4.98 Å². The first kappa shape index (κ1) is 16.3. The van der Waals surface area contributed by atoms with Gasteiger partial charge >= 0.3 is 0 Å². The molecule has 0 spiro atoms. The van der Waals surface area contributed by atoms with E-state index in [2.05, 4.69) is 47.0 Å². The SMILES string of the molecule is CCCCCC(C)(C)CNc1ncc(N)c(C)c1Br. The summed E-state index contributed by atoms with van der Waals surface area (Å²) < 4.78 is 0.969. The molecule has 0 fully saturated rings. The van der Waals surface area contributed by atoms with E-state index in [0.29, 0.717) is 0 Å². The van der Waals surface area contributed by atoms with E-state index in [0.717, 1.165) is 28.1 Å². The van der Waals surface area contributed by atoms with Crippen LogP contribution in [0.1, 0.15) is 52.0 Å². The van der Waals surface area contributed by atoms with Gasteiger partial charge in [-0.2, -0.15) is 0 Å². The summed E-state index contributed by atoms with van der Waals surface area (Å²) in [6.45, 7) is 9.76. The number of unbranched alkanes of at least 4 members (excludes halogenated alkanes) is 2. The van der Waals surface area contributed by atoms with Gasteiger partial charge in [-0.1, -0.05) is 40.0 Å². The van der Waals surface area contributed by atoms with Crippen molar-refractivity contribution in [3.63, 3.8) is 0 Å². The van der Waals surface area contributed by atoms with Crippen LogP contribution >= 0.6 is 15.9 Å². The number of nitrogen functional groups attached to an aromatic ring is 1. The standard InChI is InChI=1S/C15H26BrN3/c1-5-6-7-8-15(3,4)10-19-14-13(16)11(2)12(17)9-18-14/h9H,5-8,10,17H2,1-4H3,(H,18,19). The highest BCUT2D eigenvalue weighted by molar-refractivity contribution is 9.10. The van der Waals surface area contributed by atoms with E-state index in [-0.39, 0.29) is 5.41 Å². The second kappa shape index (κ2) is 7.13. The van der Waals surface area contributed by atoms with Crippen molar-refractivity contribution in [1.29, 1.82) is 0 Å². The molecule has 0 unspecified atom stereocenters. The number of pyridine rings is 1. The maximum atomic E-state index is 5.83. The summed E-state index contributed by atoms with van der Waals surface area (Å²) >= 11 is 3.56. The largest absolute Gasteiger partial charge is 0.397 e. The summed E-state index contributed by atoms with van der Waals surface area (Å²) in [4.78, 5) is 4.36. The predicted octanol–water partition coefficient (Wildman–Crippen LogP) is 4.75. The molecular weight excluding hydrogens is 302 g/mol. The van der Waals surface area contributed by atoms with Crippen LogP contribution in [0.15, 0.2) is 10.7 Å². The van der Waals surface area contributed by atoms with Gasteiger partial charge in [0.25, 0.3) is 0 Å². The molecule has 0 bridgehead atoms. The van der Waals surface area contributed by atoms with Crippen molar-refractivity contribution in [2.24, 2.45) is 5.41 Å². The van der Waals surface area contributed by atoms with Gasteiger partial charge in [-0.15, -0.1) is 0 Å². The molecule has 3 N–H and O–H groups in total. The summed E-state index contributed by atoms with van der Waals surface area (Å²) in [5, 5.41) is 3.43. The van der Waals surface area contributed by atoms with Gasteiger partial charge in [0.2, 0.25) is 0 Å². The van der Waals surface area contributed by atoms with Crippen LogP contribution in [0.5, 0.6) is 0 Å². The fourth-order valence-corrected chi connectivity index (χ4v) is 2.45. The third-order valence-corrected chi connectivity index (χ3v) is 4.46. The topological polar surface area (TPSA) is 50.9 Å². The number of nitrogens with two attached hydrogens (primary N) is 1. The molecule has 1 aromatic rings. The average molecular weight is 328 g/mol. The highest BCUT2D eigenvalue weighted by Gasteiger charge is 2.18. The second-order valence-corrected chi connectivity index (χ2v) is 6.77. The Morgan fingerprint density at radius 2 is 2.05 bits per heavy atom. The van der Waals surface area contributed by atoms with Crippen molar-refractivity contribution in [3.8, 4) is 0 Å². The summed E-state index contributed by atoms with van der Waals surface area (Å²) in [6, 6.07) is 0. The molecular formula is C15H26BrN3. The first-order chi connectivity index (χ1) is 8.87. The number of aromatic nitrogens is 1. The van der Waals surface area contributed by atoms with Crippen molar-refractivity contribution in [3.05, 3.63) is 16.2 Å². The van der Waals surface area contributed by atoms with Gasteiger partial charge in [-0.25, -0.2) is 4.98 Å². The van der Waals surface area contributed by atoms with Gasteiger partial charge in [0.15, 0.2) is 0 Å². The molecule has 3 nitrogen and oxygen atoms in total. The van der Waals surface area contributed by atoms with Gasteiger partial charge in [0, 0.05) is 6.54 Å². The zero-order valence-electron chi connectivity index (χ0n) is 12.5. The molecule has 0 aliphatic carbocycles. The lowest BCUT2D eigenvalue weighted by molar-refractivity contribution is 0.342. The fourth-order valence-electron chi connectivity index (χ4n) is 1.98. The number of nitrogens with zero attached hydrogens (tertiary/aromatic N) is 1. The Balaban J connectivity index is 2.59. The van der Waals surface area contributed by atoms with Crippen LogP contribution in [0.25, 0.3) is 0 Å². The Morgan fingerprint density at radius 3 is 2.68 bits per heavy atom. The Hall–Kier alpha value is -0.770. The number of nitrogens with one attached hydrogen (secondary N) is 1. The van der Waals surface area contributed by atoms with Gasteiger partial charge in [-0.05, 0) is 40.3 Å². The predicted molar refractivity (Wildman–Crippen MR) is 87.5 cm³/mol. The average Bonchev–Trinajstić information content (AvgIpc) is 2.35. The Bertz CT molecular complexity index is 416. The molecule has 0 atom stereocenters. The maximum Gasteiger partial charge on any atom is 0.140 e. The molecule has 0 saturated carbocycles. The number of anilines is 2. The number of hydrogen-bond donors (Lipinski definition) is 2. The minimum absolute atomic E-state index is 0.283. The van der Waals surface area contributed by atoms with E-state index < -0.39 is 0 Å². The van der Waals surface area contributed by atoms with Crippen molar-refractivity contribution in [2.75, 3.05) is 17.6 Å². The van der Waals surface area contributed by atoms with E-state index in [9.17, 15) is 0 Å². The summed E-state index contributed by atoms with van der Waals surface area (Å²) in [5.41, 5.74) is 7.88. The van der Waals surface area contributed by atoms with E-state index >= 15 is 0 Å². The Morgan fingerprint density at radius 1 is 1.37 bits per heavy atom. The zero-order chi connectivity index (χ0) is 14.5. The third kappa shape index (κ3) is 5.01. The summed E-state index contributed by atoms with van der Waals surface area (Å²) in [6.07, 6.45) is 6.83. The maximum absolute atomic E-state index is 5.83. The van der Waals surface area contributed by atoms with Gasteiger partial charge in [0.1, 0.15) is 5.82 Å². The molecule has 1 heterocycles. The van der Waals surface area contributed by atoms with Crippen LogP contribution in [0.2, 0.25) is 0 Å². The van der Waals surface area contributed by atoms with E-state index in [1.54, 1.807) is 6.20 Å². The summed E-state index contributed by atoms with van der Waals surface area (Å²) in [5.74, 6) is 0.885. The molecule has 0 radical (unpaired) electrons. The number of hydrogen-bond acceptors (Lipinski definition) is 3. The minimum atomic E-state index is 0.283. The van der Waals surface area contributed by atoms with Crippen molar-refractivity contribution < 1.29 is 0 Å². The Labute approximate surface area is 125 Å². The lowest BCUT2D eigenvalue weighted by Crippen LogP contribution is -2.23. The van der Waals surface area contributed by atoms with E-state index in [4.69, 9.17) is 5.73 Å². The first-order valence-corrected chi connectivity index (χ1v) is 7.81. The Kier molecular flexibility index (Phi) is 6.11. The molecule has 0 aromatic carbocycles. The minimum Gasteiger partial charge on any atom is -0.397 e. The van der Waals surface area contributed by atoms with E-state index in [1.165, 1.54) is 25.7 Å². The molecule has 0 aliphatic rings.